The average molecular weight is 343 g/mol. The molecule has 0 amide bonds. The second kappa shape index (κ2) is 8.69. The second-order valence-corrected chi connectivity index (χ2v) is 6.03. The van der Waals surface area contributed by atoms with Crippen molar-refractivity contribution in [2.24, 2.45) is 0 Å². The van der Waals surface area contributed by atoms with Crippen molar-refractivity contribution < 1.29 is 9.47 Å². The third-order valence-corrected chi connectivity index (χ3v) is 4.33. The molecule has 0 spiro atoms. The Hall–Kier alpha value is -2.07. The molecule has 0 aliphatic carbocycles. The standard InChI is InChI=1S/C20H25NO2S/c1-5-15-10-11-18(14(3)12-15)23-13-17-9-7-8-16(6-2)19(17)21-20(24)22-4/h7-12H,5-6,13H2,1-4H3,(H,21,24). The molecule has 0 saturated carbocycles. The van der Waals surface area contributed by atoms with Gasteiger partial charge in [0.05, 0.1) is 12.8 Å². The summed E-state index contributed by atoms with van der Waals surface area (Å²) in [4.78, 5) is 0. The van der Waals surface area contributed by atoms with Crippen LogP contribution in [0.4, 0.5) is 5.69 Å². The van der Waals surface area contributed by atoms with Crippen LogP contribution >= 0.6 is 12.2 Å². The van der Waals surface area contributed by atoms with Gasteiger partial charge in [-0.15, -0.1) is 0 Å². The van der Waals surface area contributed by atoms with E-state index in [2.05, 4.69) is 50.4 Å². The minimum Gasteiger partial charge on any atom is -0.489 e. The first-order chi connectivity index (χ1) is 11.6. The normalized spacial score (nSPS) is 10.3. The summed E-state index contributed by atoms with van der Waals surface area (Å²) in [5, 5.41) is 3.54. The van der Waals surface area contributed by atoms with Gasteiger partial charge in [0.15, 0.2) is 0 Å². The number of ether oxygens (including phenoxy) is 2. The third kappa shape index (κ3) is 4.48. The second-order valence-electron chi connectivity index (χ2n) is 5.66. The lowest BCUT2D eigenvalue weighted by Crippen LogP contribution is -2.14. The number of para-hydroxylation sites is 1. The fourth-order valence-electron chi connectivity index (χ4n) is 2.63. The van der Waals surface area contributed by atoms with E-state index in [1.807, 2.05) is 12.1 Å². The average Bonchev–Trinajstić information content (AvgIpc) is 2.61. The molecule has 0 aliphatic rings. The van der Waals surface area contributed by atoms with Crippen LogP contribution in [-0.4, -0.2) is 12.3 Å². The number of hydrogen-bond donors (Lipinski definition) is 1. The topological polar surface area (TPSA) is 30.5 Å². The fraction of sp³-hybridized carbons (Fsp3) is 0.350. The number of hydrogen-bond acceptors (Lipinski definition) is 3. The lowest BCUT2D eigenvalue weighted by atomic mass is 10.1. The Morgan fingerprint density at radius 2 is 1.83 bits per heavy atom. The van der Waals surface area contributed by atoms with E-state index in [-0.39, 0.29) is 0 Å². The Labute approximate surface area is 150 Å². The van der Waals surface area contributed by atoms with E-state index >= 15 is 0 Å². The molecule has 128 valence electrons. The SMILES string of the molecule is CCc1ccc(OCc2cccc(CC)c2NC(=S)OC)c(C)c1. The molecule has 4 heteroatoms. The van der Waals surface area contributed by atoms with Crippen LogP contribution in [0.15, 0.2) is 36.4 Å². The van der Waals surface area contributed by atoms with Gasteiger partial charge >= 0.3 is 0 Å². The molecule has 0 radical (unpaired) electrons. The molecule has 1 N–H and O–H groups in total. The maximum atomic E-state index is 6.05. The molecule has 3 nitrogen and oxygen atoms in total. The van der Waals surface area contributed by atoms with Crippen molar-refractivity contribution in [2.45, 2.75) is 40.2 Å². The van der Waals surface area contributed by atoms with E-state index in [4.69, 9.17) is 21.7 Å². The number of thiocarbonyl (C=S) groups is 1. The molecule has 0 fully saturated rings. The monoisotopic (exact) mass is 343 g/mol. The summed E-state index contributed by atoms with van der Waals surface area (Å²) in [6, 6.07) is 12.5. The molecule has 2 rings (SSSR count). The summed E-state index contributed by atoms with van der Waals surface area (Å²) >= 11 is 5.16. The maximum Gasteiger partial charge on any atom is 0.260 e. The highest BCUT2D eigenvalue weighted by Gasteiger charge is 2.10. The van der Waals surface area contributed by atoms with E-state index in [1.165, 1.54) is 11.1 Å². The molecule has 0 heterocycles. The van der Waals surface area contributed by atoms with Gasteiger partial charge in [0, 0.05) is 5.56 Å². The summed E-state index contributed by atoms with van der Waals surface area (Å²) in [7, 11) is 1.57. The Kier molecular flexibility index (Phi) is 6.62. The number of methoxy groups -OCH3 is 1. The third-order valence-electron chi connectivity index (χ3n) is 4.06. The number of nitrogens with one attached hydrogen (secondary N) is 1. The molecule has 0 atom stereocenters. The minimum absolute atomic E-state index is 0.362. The highest BCUT2D eigenvalue weighted by atomic mass is 32.1. The van der Waals surface area contributed by atoms with E-state index in [9.17, 15) is 0 Å². The number of anilines is 1. The van der Waals surface area contributed by atoms with E-state index in [0.717, 1.165) is 35.4 Å². The van der Waals surface area contributed by atoms with Crippen LogP contribution in [0.3, 0.4) is 0 Å². The molecular weight excluding hydrogens is 318 g/mol. The molecule has 0 aromatic heterocycles. The largest absolute Gasteiger partial charge is 0.489 e. The molecule has 0 saturated heterocycles. The van der Waals surface area contributed by atoms with Crippen LogP contribution in [0.1, 0.15) is 36.1 Å². The lowest BCUT2D eigenvalue weighted by molar-refractivity contribution is 0.304. The van der Waals surface area contributed by atoms with Crippen molar-refractivity contribution in [3.63, 3.8) is 0 Å². The Morgan fingerprint density at radius 1 is 1.08 bits per heavy atom. The Bertz CT molecular complexity index is 713. The van der Waals surface area contributed by atoms with Gasteiger partial charge in [0.25, 0.3) is 5.17 Å². The molecule has 24 heavy (non-hydrogen) atoms. The van der Waals surface area contributed by atoms with Crippen molar-refractivity contribution in [2.75, 3.05) is 12.4 Å². The predicted molar refractivity (Wildman–Crippen MR) is 104 cm³/mol. The summed E-state index contributed by atoms with van der Waals surface area (Å²) in [6.45, 7) is 6.84. The van der Waals surface area contributed by atoms with Gasteiger partial charge < -0.3 is 14.8 Å². The first kappa shape index (κ1) is 18.3. The quantitative estimate of drug-likeness (QED) is 0.744. The first-order valence-electron chi connectivity index (χ1n) is 8.27. The number of rotatable bonds is 6. The van der Waals surface area contributed by atoms with Crippen LogP contribution in [0.25, 0.3) is 0 Å². The summed E-state index contributed by atoms with van der Waals surface area (Å²) < 4.78 is 11.1. The Balaban J connectivity index is 2.21. The zero-order valence-corrected chi connectivity index (χ0v) is 15.6. The van der Waals surface area contributed by atoms with Gasteiger partial charge in [-0.25, -0.2) is 0 Å². The zero-order chi connectivity index (χ0) is 17.5. The first-order valence-corrected chi connectivity index (χ1v) is 8.67. The van der Waals surface area contributed by atoms with E-state index in [1.54, 1.807) is 7.11 Å². The summed E-state index contributed by atoms with van der Waals surface area (Å²) in [5.74, 6) is 0.911. The zero-order valence-electron chi connectivity index (χ0n) is 14.8. The van der Waals surface area contributed by atoms with E-state index < -0.39 is 0 Å². The van der Waals surface area contributed by atoms with Crippen LogP contribution in [0.5, 0.6) is 5.75 Å². The van der Waals surface area contributed by atoms with Gasteiger partial charge in [-0.3, -0.25) is 0 Å². The minimum atomic E-state index is 0.362. The lowest BCUT2D eigenvalue weighted by Gasteiger charge is -2.17. The van der Waals surface area contributed by atoms with Crippen molar-refractivity contribution in [3.8, 4) is 5.75 Å². The van der Waals surface area contributed by atoms with Gasteiger partial charge in [-0.1, -0.05) is 44.2 Å². The van der Waals surface area contributed by atoms with Gasteiger partial charge in [0.1, 0.15) is 12.4 Å². The molecular formula is C20H25NO2S. The molecule has 0 unspecified atom stereocenters. The van der Waals surface area contributed by atoms with Gasteiger partial charge in [-0.05, 0) is 54.7 Å². The van der Waals surface area contributed by atoms with Crippen molar-refractivity contribution in [3.05, 3.63) is 58.7 Å². The van der Waals surface area contributed by atoms with Crippen LogP contribution < -0.4 is 10.1 Å². The highest BCUT2D eigenvalue weighted by Crippen LogP contribution is 2.26. The van der Waals surface area contributed by atoms with Crippen LogP contribution in [0.2, 0.25) is 0 Å². The van der Waals surface area contributed by atoms with E-state index in [0.29, 0.717) is 11.8 Å². The summed E-state index contributed by atoms with van der Waals surface area (Å²) in [5.41, 5.74) is 5.71. The maximum absolute atomic E-state index is 6.05. The van der Waals surface area contributed by atoms with Crippen molar-refractivity contribution in [1.82, 2.24) is 0 Å². The number of aryl methyl sites for hydroxylation is 3. The molecule has 2 aromatic carbocycles. The van der Waals surface area contributed by atoms with Crippen molar-refractivity contribution >= 4 is 23.1 Å². The Morgan fingerprint density at radius 3 is 2.46 bits per heavy atom. The number of benzene rings is 2. The molecule has 0 aliphatic heterocycles. The molecule has 0 bridgehead atoms. The fourth-order valence-corrected chi connectivity index (χ4v) is 2.73. The summed E-state index contributed by atoms with van der Waals surface area (Å²) in [6.07, 6.45) is 1.94. The smallest absolute Gasteiger partial charge is 0.260 e. The highest BCUT2D eigenvalue weighted by molar-refractivity contribution is 7.80. The van der Waals surface area contributed by atoms with Crippen LogP contribution in [-0.2, 0) is 24.2 Å². The van der Waals surface area contributed by atoms with Crippen molar-refractivity contribution in [1.29, 1.82) is 0 Å². The predicted octanol–water partition coefficient (Wildman–Crippen LogP) is 5.04. The molecule has 2 aromatic rings. The van der Waals surface area contributed by atoms with Gasteiger partial charge in [-0.2, -0.15) is 0 Å². The van der Waals surface area contributed by atoms with Gasteiger partial charge in [0.2, 0.25) is 0 Å². The van der Waals surface area contributed by atoms with Crippen LogP contribution in [0, 0.1) is 6.92 Å².